The van der Waals surface area contributed by atoms with Gasteiger partial charge in [0.05, 0.1) is 0 Å². The Morgan fingerprint density at radius 1 is 1.11 bits per heavy atom. The van der Waals surface area contributed by atoms with E-state index in [-0.39, 0.29) is 18.8 Å². The highest BCUT2D eigenvalue weighted by atomic mass is 35.5. The zero-order valence-corrected chi connectivity index (χ0v) is 11.5. The zero-order chi connectivity index (χ0) is 13.2. The lowest BCUT2D eigenvalue weighted by Crippen LogP contribution is -2.37. The largest absolute Gasteiger partial charge is 0.403 e. The molecule has 0 aromatic heterocycles. The first kappa shape index (κ1) is 16.3. The van der Waals surface area contributed by atoms with E-state index in [1.54, 1.807) is 0 Å². The van der Waals surface area contributed by atoms with Gasteiger partial charge in [-0.25, -0.2) is 0 Å². The summed E-state index contributed by atoms with van der Waals surface area (Å²) in [5.74, 6) is 0. The van der Waals surface area contributed by atoms with Gasteiger partial charge in [-0.2, -0.15) is 13.2 Å². The van der Waals surface area contributed by atoms with Crippen LogP contribution in [0.4, 0.5) is 13.2 Å². The van der Waals surface area contributed by atoms with Gasteiger partial charge in [-0.05, 0) is 55.2 Å². The van der Waals surface area contributed by atoms with Crippen molar-refractivity contribution in [1.82, 2.24) is 0 Å². The Hall–Kier alpha value is -0.740. The lowest BCUT2D eigenvalue weighted by Gasteiger charge is -2.18. The summed E-state index contributed by atoms with van der Waals surface area (Å²) in [6.07, 6.45) is 0.612. The second kappa shape index (κ2) is 6.62. The van der Waals surface area contributed by atoms with Crippen molar-refractivity contribution >= 4 is 12.4 Å². The van der Waals surface area contributed by atoms with E-state index < -0.39 is 12.2 Å². The van der Waals surface area contributed by atoms with Crippen LogP contribution in [0.1, 0.15) is 36.0 Å². The van der Waals surface area contributed by atoms with Crippen LogP contribution in [0.25, 0.3) is 0 Å². The SMILES string of the molecule is Cl.NC(CCc1ccc2c(c1)CCCC2)C(F)(F)F. The van der Waals surface area contributed by atoms with Gasteiger partial charge >= 0.3 is 6.18 Å². The Balaban J connectivity index is 0.00000180. The molecular formula is C14H19ClF3N. The lowest BCUT2D eigenvalue weighted by molar-refractivity contribution is -0.148. The summed E-state index contributed by atoms with van der Waals surface area (Å²) >= 11 is 0. The minimum Gasteiger partial charge on any atom is -0.320 e. The molecule has 0 amide bonds. The molecule has 0 radical (unpaired) electrons. The first-order chi connectivity index (χ1) is 8.47. The van der Waals surface area contributed by atoms with Crippen LogP contribution in [0.2, 0.25) is 0 Å². The normalized spacial score (nSPS) is 16.4. The molecule has 0 heterocycles. The quantitative estimate of drug-likeness (QED) is 0.901. The van der Waals surface area contributed by atoms with Gasteiger partial charge in [0.1, 0.15) is 6.04 Å². The molecule has 1 aliphatic carbocycles. The van der Waals surface area contributed by atoms with Crippen LogP contribution in [0.15, 0.2) is 18.2 Å². The van der Waals surface area contributed by atoms with Crippen molar-refractivity contribution in [2.24, 2.45) is 5.73 Å². The Morgan fingerprint density at radius 2 is 1.74 bits per heavy atom. The van der Waals surface area contributed by atoms with E-state index >= 15 is 0 Å². The number of nitrogens with two attached hydrogens (primary N) is 1. The predicted octanol–water partition coefficient (Wildman–Crippen LogP) is 3.81. The molecule has 0 saturated heterocycles. The summed E-state index contributed by atoms with van der Waals surface area (Å²) in [6.45, 7) is 0. The highest BCUT2D eigenvalue weighted by Crippen LogP contribution is 2.25. The van der Waals surface area contributed by atoms with Gasteiger partial charge in [0, 0.05) is 0 Å². The Kier molecular flexibility index (Phi) is 5.68. The molecule has 5 heteroatoms. The number of benzene rings is 1. The fourth-order valence-corrected chi connectivity index (χ4v) is 2.43. The Morgan fingerprint density at radius 3 is 2.37 bits per heavy atom. The highest BCUT2D eigenvalue weighted by molar-refractivity contribution is 5.85. The molecule has 1 unspecified atom stereocenters. The van der Waals surface area contributed by atoms with E-state index in [0.29, 0.717) is 6.42 Å². The van der Waals surface area contributed by atoms with Gasteiger partial charge < -0.3 is 5.73 Å². The molecule has 0 spiro atoms. The van der Waals surface area contributed by atoms with E-state index in [1.165, 1.54) is 24.0 Å². The summed E-state index contributed by atoms with van der Waals surface area (Å²) in [5.41, 5.74) is 8.74. The standard InChI is InChI=1S/C14H18F3N.ClH/c15-14(16,17)13(18)8-6-10-5-7-11-3-1-2-4-12(11)9-10;/h5,7,9,13H,1-4,6,8,18H2;1H. The first-order valence-corrected chi connectivity index (χ1v) is 6.40. The minimum absolute atomic E-state index is 0. The second-order valence-corrected chi connectivity index (χ2v) is 5.00. The topological polar surface area (TPSA) is 26.0 Å². The van der Waals surface area contributed by atoms with Gasteiger partial charge in [-0.3, -0.25) is 0 Å². The maximum absolute atomic E-state index is 12.3. The molecule has 1 aliphatic rings. The van der Waals surface area contributed by atoms with Crippen LogP contribution in [0.3, 0.4) is 0 Å². The van der Waals surface area contributed by atoms with Crippen LogP contribution in [-0.2, 0) is 19.3 Å². The molecule has 1 aromatic rings. The molecular weight excluding hydrogens is 275 g/mol. The third kappa shape index (κ3) is 4.39. The minimum atomic E-state index is -4.28. The first-order valence-electron chi connectivity index (χ1n) is 6.40. The van der Waals surface area contributed by atoms with Gasteiger partial charge in [-0.1, -0.05) is 18.2 Å². The van der Waals surface area contributed by atoms with Gasteiger partial charge in [0.2, 0.25) is 0 Å². The van der Waals surface area contributed by atoms with Crippen LogP contribution in [0, 0.1) is 0 Å². The van der Waals surface area contributed by atoms with Crippen molar-refractivity contribution in [1.29, 1.82) is 0 Å². The smallest absolute Gasteiger partial charge is 0.320 e. The number of fused-ring (bicyclic) bond motifs is 1. The molecule has 19 heavy (non-hydrogen) atoms. The average molecular weight is 294 g/mol. The van der Waals surface area contributed by atoms with Gasteiger partial charge in [0.15, 0.2) is 0 Å². The summed E-state index contributed by atoms with van der Waals surface area (Å²) in [5, 5.41) is 0. The number of hydrogen-bond acceptors (Lipinski definition) is 1. The molecule has 1 atom stereocenters. The molecule has 2 rings (SSSR count). The monoisotopic (exact) mass is 293 g/mol. The van der Waals surface area contributed by atoms with E-state index in [1.807, 2.05) is 6.07 Å². The van der Waals surface area contributed by atoms with Crippen LogP contribution in [-0.4, -0.2) is 12.2 Å². The maximum atomic E-state index is 12.3. The van der Waals surface area contributed by atoms with Gasteiger partial charge in [0.25, 0.3) is 0 Å². The molecule has 1 aromatic carbocycles. The fourth-order valence-electron chi connectivity index (χ4n) is 2.43. The zero-order valence-electron chi connectivity index (χ0n) is 10.7. The van der Waals surface area contributed by atoms with Crippen molar-refractivity contribution in [2.45, 2.75) is 50.7 Å². The molecule has 0 bridgehead atoms. The van der Waals surface area contributed by atoms with E-state index in [2.05, 4.69) is 12.1 Å². The number of hydrogen-bond donors (Lipinski definition) is 1. The van der Waals surface area contributed by atoms with E-state index in [0.717, 1.165) is 18.4 Å². The average Bonchev–Trinajstić information content (AvgIpc) is 2.34. The molecule has 2 N–H and O–H groups in total. The molecule has 0 aliphatic heterocycles. The summed E-state index contributed by atoms with van der Waals surface area (Å²) < 4.78 is 36.9. The number of rotatable bonds is 3. The molecule has 108 valence electrons. The maximum Gasteiger partial charge on any atom is 0.403 e. The Bertz CT molecular complexity index is 418. The lowest BCUT2D eigenvalue weighted by atomic mass is 9.89. The number of alkyl halides is 3. The van der Waals surface area contributed by atoms with Crippen molar-refractivity contribution in [2.75, 3.05) is 0 Å². The predicted molar refractivity (Wildman–Crippen MR) is 72.7 cm³/mol. The van der Waals surface area contributed by atoms with E-state index in [9.17, 15) is 13.2 Å². The van der Waals surface area contributed by atoms with Crippen LogP contribution >= 0.6 is 12.4 Å². The van der Waals surface area contributed by atoms with Crippen molar-refractivity contribution in [3.63, 3.8) is 0 Å². The molecule has 0 fully saturated rings. The van der Waals surface area contributed by atoms with E-state index in [4.69, 9.17) is 5.73 Å². The van der Waals surface area contributed by atoms with Crippen molar-refractivity contribution in [3.8, 4) is 0 Å². The summed E-state index contributed by atoms with van der Waals surface area (Å²) in [4.78, 5) is 0. The fraction of sp³-hybridized carbons (Fsp3) is 0.571. The van der Waals surface area contributed by atoms with Crippen LogP contribution in [0.5, 0.6) is 0 Å². The molecule has 0 saturated carbocycles. The Labute approximate surface area is 117 Å². The van der Waals surface area contributed by atoms with Crippen molar-refractivity contribution in [3.05, 3.63) is 34.9 Å². The molecule has 1 nitrogen and oxygen atoms in total. The number of aryl methyl sites for hydroxylation is 3. The number of halogens is 4. The van der Waals surface area contributed by atoms with Crippen molar-refractivity contribution < 1.29 is 13.2 Å². The summed E-state index contributed by atoms with van der Waals surface area (Å²) in [7, 11) is 0. The third-order valence-electron chi connectivity index (χ3n) is 3.58. The second-order valence-electron chi connectivity index (χ2n) is 5.00. The van der Waals surface area contributed by atoms with Crippen LogP contribution < -0.4 is 5.73 Å². The third-order valence-corrected chi connectivity index (χ3v) is 3.58. The van der Waals surface area contributed by atoms with Gasteiger partial charge in [-0.15, -0.1) is 12.4 Å². The highest BCUT2D eigenvalue weighted by Gasteiger charge is 2.35. The summed E-state index contributed by atoms with van der Waals surface area (Å²) in [6, 6.07) is 4.34.